The Hall–Kier alpha value is -2.58. The third-order valence-electron chi connectivity index (χ3n) is 5.10. The first-order valence-electron chi connectivity index (χ1n) is 9.77. The Morgan fingerprint density at radius 3 is 2.86 bits per heavy atom. The number of amides is 1. The predicted molar refractivity (Wildman–Crippen MR) is 107 cm³/mol. The molecule has 1 amide bonds. The fraction of sp³-hybridized carbons (Fsp3) is 0.524. The van der Waals surface area contributed by atoms with Crippen molar-refractivity contribution in [2.24, 2.45) is 5.92 Å². The van der Waals surface area contributed by atoms with Crippen molar-refractivity contribution in [1.82, 2.24) is 15.1 Å². The van der Waals surface area contributed by atoms with Crippen LogP contribution in [-0.2, 0) is 27.2 Å². The average molecular weight is 403 g/mol. The van der Waals surface area contributed by atoms with Crippen molar-refractivity contribution in [1.29, 1.82) is 0 Å². The Morgan fingerprint density at radius 2 is 2.10 bits per heavy atom. The molecular weight excluding hydrogens is 374 g/mol. The van der Waals surface area contributed by atoms with E-state index in [9.17, 15) is 4.79 Å². The highest BCUT2D eigenvalue weighted by Crippen LogP contribution is 2.34. The molecule has 2 heterocycles. The van der Waals surface area contributed by atoms with Crippen LogP contribution in [0.4, 0.5) is 0 Å². The van der Waals surface area contributed by atoms with E-state index in [1.165, 1.54) is 0 Å². The van der Waals surface area contributed by atoms with Crippen LogP contribution < -0.4 is 14.8 Å². The monoisotopic (exact) mass is 403 g/mol. The van der Waals surface area contributed by atoms with E-state index in [4.69, 9.17) is 18.9 Å². The topological polar surface area (TPSA) is 83.8 Å². The maximum absolute atomic E-state index is 12.7. The molecule has 8 heteroatoms. The molecule has 0 radical (unpaired) electrons. The zero-order valence-corrected chi connectivity index (χ0v) is 17.2. The summed E-state index contributed by atoms with van der Waals surface area (Å²) in [7, 11) is 4.88. The minimum atomic E-state index is -0.257. The number of rotatable bonds is 10. The van der Waals surface area contributed by atoms with Crippen molar-refractivity contribution in [3.63, 3.8) is 0 Å². The van der Waals surface area contributed by atoms with Crippen LogP contribution in [0.2, 0.25) is 0 Å². The van der Waals surface area contributed by atoms with Crippen molar-refractivity contribution < 1.29 is 23.7 Å². The molecule has 158 valence electrons. The molecule has 8 nitrogen and oxygen atoms in total. The smallest absolute Gasteiger partial charge is 0.226 e. The number of ether oxygens (including phenoxy) is 4. The molecule has 1 N–H and O–H groups in total. The zero-order chi connectivity index (χ0) is 20.6. The van der Waals surface area contributed by atoms with Gasteiger partial charge in [-0.05, 0) is 30.5 Å². The summed E-state index contributed by atoms with van der Waals surface area (Å²) in [6, 6.07) is 5.78. The van der Waals surface area contributed by atoms with Gasteiger partial charge in [-0.1, -0.05) is 6.07 Å². The van der Waals surface area contributed by atoms with Gasteiger partial charge in [0.25, 0.3) is 0 Å². The van der Waals surface area contributed by atoms with E-state index in [1.807, 2.05) is 29.1 Å². The van der Waals surface area contributed by atoms with E-state index in [-0.39, 0.29) is 17.9 Å². The third-order valence-corrected chi connectivity index (χ3v) is 5.10. The average Bonchev–Trinajstić information content (AvgIpc) is 3.41. The van der Waals surface area contributed by atoms with Crippen LogP contribution in [0.25, 0.3) is 0 Å². The van der Waals surface area contributed by atoms with Crippen molar-refractivity contribution in [3.05, 3.63) is 41.7 Å². The fourth-order valence-electron chi connectivity index (χ4n) is 3.52. The standard InChI is InChI=1S/C21H29N3O5/c1-26-11-9-24-14-16(13-23-24)20-17(7-10-29-20)21(25)22-8-6-15-4-5-18(27-2)19(12-15)28-3/h4-5,12-14,17,20H,6-11H2,1-3H3,(H,22,25)/t17-,20+/m0/s1. The number of carbonyl (C=O) groups is 1. The molecule has 1 fully saturated rings. The molecule has 0 spiro atoms. The minimum absolute atomic E-state index is 0.0117. The van der Waals surface area contributed by atoms with Crippen LogP contribution in [-0.4, -0.2) is 56.8 Å². The fourth-order valence-corrected chi connectivity index (χ4v) is 3.52. The summed E-state index contributed by atoms with van der Waals surface area (Å²) in [5.41, 5.74) is 2.00. The van der Waals surface area contributed by atoms with Crippen LogP contribution in [0.15, 0.2) is 30.6 Å². The van der Waals surface area contributed by atoms with Crippen LogP contribution in [0, 0.1) is 5.92 Å². The Kier molecular flexibility index (Phi) is 7.48. The molecule has 0 aliphatic carbocycles. The van der Waals surface area contributed by atoms with Crippen LogP contribution >= 0.6 is 0 Å². The summed E-state index contributed by atoms with van der Waals surface area (Å²) in [5.74, 6) is 1.18. The molecule has 3 rings (SSSR count). The lowest BCUT2D eigenvalue weighted by Gasteiger charge is -2.17. The third kappa shape index (κ3) is 5.27. The quantitative estimate of drug-likeness (QED) is 0.653. The molecule has 1 aliphatic rings. The van der Waals surface area contributed by atoms with Gasteiger partial charge in [0.2, 0.25) is 5.91 Å². The summed E-state index contributed by atoms with van der Waals surface area (Å²) in [6.45, 7) is 2.38. The highest BCUT2D eigenvalue weighted by atomic mass is 16.5. The number of nitrogens with one attached hydrogen (secondary N) is 1. The number of hydrogen-bond donors (Lipinski definition) is 1. The van der Waals surface area contributed by atoms with Gasteiger partial charge in [-0.3, -0.25) is 9.48 Å². The molecule has 1 saturated heterocycles. The zero-order valence-electron chi connectivity index (χ0n) is 17.2. The van der Waals surface area contributed by atoms with Gasteiger partial charge in [0, 0.05) is 32.0 Å². The second kappa shape index (κ2) is 10.3. The number of benzene rings is 1. The Morgan fingerprint density at radius 1 is 1.28 bits per heavy atom. The molecule has 29 heavy (non-hydrogen) atoms. The van der Waals surface area contributed by atoms with E-state index in [0.717, 1.165) is 11.1 Å². The van der Waals surface area contributed by atoms with Gasteiger partial charge < -0.3 is 24.3 Å². The molecule has 1 aromatic heterocycles. The molecule has 2 aromatic rings. The Balaban J connectivity index is 1.54. The van der Waals surface area contributed by atoms with E-state index >= 15 is 0 Å². The second-order valence-corrected chi connectivity index (χ2v) is 6.95. The summed E-state index contributed by atoms with van der Waals surface area (Å²) in [6.07, 6.45) is 4.86. The van der Waals surface area contributed by atoms with Gasteiger partial charge in [0.1, 0.15) is 0 Å². The van der Waals surface area contributed by atoms with Crippen molar-refractivity contribution in [2.75, 3.05) is 41.1 Å². The normalized spacial score (nSPS) is 18.6. The second-order valence-electron chi connectivity index (χ2n) is 6.95. The first kappa shape index (κ1) is 21.1. The number of nitrogens with zero attached hydrogens (tertiary/aromatic N) is 2. The maximum Gasteiger partial charge on any atom is 0.226 e. The van der Waals surface area contributed by atoms with E-state index < -0.39 is 0 Å². The Labute approximate surface area is 171 Å². The molecule has 1 aliphatic heterocycles. The first-order valence-corrected chi connectivity index (χ1v) is 9.77. The van der Waals surface area contributed by atoms with E-state index in [1.54, 1.807) is 27.5 Å². The van der Waals surface area contributed by atoms with Gasteiger partial charge in [0.05, 0.1) is 45.6 Å². The van der Waals surface area contributed by atoms with Gasteiger partial charge in [-0.15, -0.1) is 0 Å². The largest absolute Gasteiger partial charge is 0.493 e. The number of aromatic nitrogens is 2. The summed E-state index contributed by atoms with van der Waals surface area (Å²) < 4.78 is 23.3. The van der Waals surface area contributed by atoms with Crippen molar-refractivity contribution >= 4 is 5.91 Å². The molecule has 0 saturated carbocycles. The van der Waals surface area contributed by atoms with Gasteiger partial charge in [-0.2, -0.15) is 5.10 Å². The Bertz CT molecular complexity index is 807. The number of carbonyl (C=O) groups excluding carboxylic acids is 1. The van der Waals surface area contributed by atoms with Crippen molar-refractivity contribution in [3.8, 4) is 11.5 Å². The molecular formula is C21H29N3O5. The molecule has 2 atom stereocenters. The van der Waals surface area contributed by atoms with Gasteiger partial charge in [0.15, 0.2) is 11.5 Å². The lowest BCUT2D eigenvalue weighted by molar-refractivity contribution is -0.126. The van der Waals surface area contributed by atoms with Crippen molar-refractivity contribution in [2.45, 2.75) is 25.5 Å². The van der Waals surface area contributed by atoms with Crippen LogP contribution in [0.3, 0.4) is 0 Å². The molecule has 1 aromatic carbocycles. The SMILES string of the molecule is COCCn1cc([C@H]2OCC[C@@H]2C(=O)NCCc2ccc(OC)c(OC)c2)cn1. The van der Waals surface area contributed by atoms with Gasteiger partial charge in [-0.25, -0.2) is 0 Å². The summed E-state index contributed by atoms with van der Waals surface area (Å²) >= 11 is 0. The number of hydrogen-bond acceptors (Lipinski definition) is 6. The minimum Gasteiger partial charge on any atom is -0.493 e. The summed E-state index contributed by atoms with van der Waals surface area (Å²) in [5, 5.41) is 7.37. The van der Waals surface area contributed by atoms with Gasteiger partial charge >= 0.3 is 0 Å². The first-order chi connectivity index (χ1) is 14.2. The highest BCUT2D eigenvalue weighted by Gasteiger charge is 2.35. The summed E-state index contributed by atoms with van der Waals surface area (Å²) in [4.78, 5) is 12.7. The molecule has 0 unspecified atom stereocenters. The lowest BCUT2D eigenvalue weighted by atomic mass is 9.96. The molecule has 0 bridgehead atoms. The number of methoxy groups -OCH3 is 3. The lowest BCUT2D eigenvalue weighted by Crippen LogP contribution is -2.33. The van der Waals surface area contributed by atoms with Crippen LogP contribution in [0.1, 0.15) is 23.7 Å². The van der Waals surface area contributed by atoms with Crippen LogP contribution in [0.5, 0.6) is 11.5 Å². The predicted octanol–water partition coefficient (Wildman–Crippen LogP) is 1.98. The van der Waals surface area contributed by atoms with E-state index in [0.29, 0.717) is 50.6 Å². The highest BCUT2D eigenvalue weighted by molar-refractivity contribution is 5.79. The maximum atomic E-state index is 12.7. The van der Waals surface area contributed by atoms with E-state index in [2.05, 4.69) is 10.4 Å².